The van der Waals surface area contributed by atoms with Gasteiger partial charge in [-0.3, -0.25) is 9.79 Å². The van der Waals surface area contributed by atoms with Crippen LogP contribution in [0.4, 0.5) is 0 Å². The van der Waals surface area contributed by atoms with E-state index in [-0.39, 0.29) is 29.9 Å². The van der Waals surface area contributed by atoms with Crippen LogP contribution in [0.5, 0.6) is 0 Å². The van der Waals surface area contributed by atoms with Gasteiger partial charge in [-0.1, -0.05) is 12.1 Å². The molecular weight excluding hydrogens is 391 g/mol. The lowest BCUT2D eigenvalue weighted by Gasteiger charge is -2.15. The molecular formula is C16H27IN4O. The minimum absolute atomic E-state index is 0. The van der Waals surface area contributed by atoms with E-state index in [1.165, 1.54) is 0 Å². The van der Waals surface area contributed by atoms with Crippen molar-refractivity contribution in [1.29, 1.82) is 0 Å². The lowest BCUT2D eigenvalue weighted by molar-refractivity contribution is 0.0827. The molecule has 0 saturated heterocycles. The monoisotopic (exact) mass is 418 g/mol. The maximum atomic E-state index is 11.9. The zero-order valence-corrected chi connectivity index (χ0v) is 16.3. The average molecular weight is 418 g/mol. The summed E-state index contributed by atoms with van der Waals surface area (Å²) >= 11 is 0. The van der Waals surface area contributed by atoms with E-state index in [2.05, 4.69) is 29.5 Å². The summed E-state index contributed by atoms with van der Waals surface area (Å²) in [5, 5.41) is 6.50. The average Bonchev–Trinajstić information content (AvgIpc) is 2.45. The first-order chi connectivity index (χ1) is 9.93. The predicted molar refractivity (Wildman–Crippen MR) is 103 cm³/mol. The van der Waals surface area contributed by atoms with Crippen LogP contribution in [0.1, 0.15) is 29.8 Å². The topological polar surface area (TPSA) is 56.7 Å². The zero-order valence-electron chi connectivity index (χ0n) is 14.0. The maximum Gasteiger partial charge on any atom is 0.253 e. The highest BCUT2D eigenvalue weighted by molar-refractivity contribution is 14.0. The number of halogens is 1. The molecule has 0 aliphatic heterocycles. The number of guanidine groups is 1. The van der Waals surface area contributed by atoms with Crippen molar-refractivity contribution >= 4 is 35.8 Å². The number of hydrogen-bond donors (Lipinski definition) is 2. The molecule has 1 aromatic carbocycles. The van der Waals surface area contributed by atoms with E-state index in [4.69, 9.17) is 0 Å². The van der Waals surface area contributed by atoms with Gasteiger partial charge in [0.05, 0.1) is 0 Å². The largest absolute Gasteiger partial charge is 0.356 e. The smallest absolute Gasteiger partial charge is 0.253 e. The van der Waals surface area contributed by atoms with Crippen LogP contribution in [-0.2, 0) is 6.42 Å². The van der Waals surface area contributed by atoms with Gasteiger partial charge in [-0.25, -0.2) is 0 Å². The van der Waals surface area contributed by atoms with Crippen molar-refractivity contribution in [3.8, 4) is 0 Å². The normalized spacial score (nSPS) is 10.9. The number of carbonyl (C=O) groups excluding carboxylic acids is 1. The second-order valence-corrected chi connectivity index (χ2v) is 5.45. The standard InChI is InChI=1S/C16H26N4O.HI/c1-12(2)19-16(17-3)18-10-9-13-7-6-8-14(11-13)15(21)20(4)5;/h6-8,11-12H,9-10H2,1-5H3,(H2,17,18,19);1H. The zero-order chi connectivity index (χ0) is 15.8. The summed E-state index contributed by atoms with van der Waals surface area (Å²) in [7, 11) is 5.28. The number of benzene rings is 1. The Bertz CT molecular complexity index is 501. The Kier molecular flexibility index (Phi) is 9.80. The summed E-state index contributed by atoms with van der Waals surface area (Å²) in [6.45, 7) is 4.92. The van der Waals surface area contributed by atoms with Gasteiger partial charge in [0, 0.05) is 39.3 Å². The van der Waals surface area contributed by atoms with E-state index >= 15 is 0 Å². The maximum absolute atomic E-state index is 11.9. The quantitative estimate of drug-likeness (QED) is 0.438. The molecule has 1 rings (SSSR count). The number of hydrogen-bond acceptors (Lipinski definition) is 2. The molecule has 0 fully saturated rings. The molecule has 22 heavy (non-hydrogen) atoms. The highest BCUT2D eigenvalue weighted by Crippen LogP contribution is 2.07. The third kappa shape index (κ3) is 7.11. The number of rotatable bonds is 5. The van der Waals surface area contributed by atoms with E-state index in [0.29, 0.717) is 6.04 Å². The number of carbonyl (C=O) groups is 1. The lowest BCUT2D eigenvalue weighted by Crippen LogP contribution is -2.41. The number of aliphatic imine (C=N–C) groups is 1. The van der Waals surface area contributed by atoms with Crippen LogP contribution in [0.15, 0.2) is 29.3 Å². The molecule has 5 nitrogen and oxygen atoms in total. The van der Waals surface area contributed by atoms with Gasteiger partial charge in [-0.05, 0) is 38.0 Å². The number of nitrogens with one attached hydrogen (secondary N) is 2. The van der Waals surface area contributed by atoms with Gasteiger partial charge >= 0.3 is 0 Å². The van der Waals surface area contributed by atoms with E-state index < -0.39 is 0 Å². The van der Waals surface area contributed by atoms with E-state index in [1.54, 1.807) is 26.0 Å². The van der Waals surface area contributed by atoms with Crippen molar-refractivity contribution in [3.05, 3.63) is 35.4 Å². The summed E-state index contributed by atoms with van der Waals surface area (Å²) in [6, 6.07) is 8.10. The molecule has 0 saturated carbocycles. The number of nitrogens with zero attached hydrogens (tertiary/aromatic N) is 2. The second kappa shape index (κ2) is 10.4. The second-order valence-electron chi connectivity index (χ2n) is 5.45. The Balaban J connectivity index is 0.00000441. The fraction of sp³-hybridized carbons (Fsp3) is 0.500. The van der Waals surface area contributed by atoms with Crippen molar-refractivity contribution in [1.82, 2.24) is 15.5 Å². The summed E-state index contributed by atoms with van der Waals surface area (Å²) in [5.41, 5.74) is 1.86. The van der Waals surface area contributed by atoms with Crippen LogP contribution < -0.4 is 10.6 Å². The molecule has 0 aliphatic carbocycles. The Morgan fingerprint density at radius 3 is 2.55 bits per heavy atom. The van der Waals surface area contributed by atoms with Gasteiger partial charge in [0.1, 0.15) is 0 Å². The van der Waals surface area contributed by atoms with Gasteiger partial charge in [0.2, 0.25) is 0 Å². The Morgan fingerprint density at radius 2 is 2.00 bits per heavy atom. The van der Waals surface area contributed by atoms with Crippen molar-refractivity contribution in [3.63, 3.8) is 0 Å². The van der Waals surface area contributed by atoms with Crippen molar-refractivity contribution in [2.45, 2.75) is 26.3 Å². The fourth-order valence-electron chi connectivity index (χ4n) is 1.91. The van der Waals surface area contributed by atoms with Gasteiger partial charge in [-0.15, -0.1) is 24.0 Å². The first-order valence-corrected chi connectivity index (χ1v) is 7.21. The van der Waals surface area contributed by atoms with Crippen LogP contribution in [0, 0.1) is 0 Å². The SMILES string of the molecule is CN=C(NCCc1cccc(C(=O)N(C)C)c1)NC(C)C.I. The number of amides is 1. The molecule has 0 spiro atoms. The van der Waals surface area contributed by atoms with E-state index in [9.17, 15) is 4.79 Å². The Labute approximate surface area is 150 Å². The summed E-state index contributed by atoms with van der Waals surface area (Å²) in [5.74, 6) is 0.826. The van der Waals surface area contributed by atoms with Crippen LogP contribution in [0.25, 0.3) is 0 Å². The van der Waals surface area contributed by atoms with Crippen molar-refractivity contribution < 1.29 is 4.79 Å². The van der Waals surface area contributed by atoms with E-state index in [1.807, 2.05) is 24.3 Å². The molecule has 1 amide bonds. The third-order valence-electron chi connectivity index (χ3n) is 2.94. The molecule has 0 atom stereocenters. The molecule has 0 heterocycles. The Morgan fingerprint density at radius 1 is 1.32 bits per heavy atom. The van der Waals surface area contributed by atoms with Crippen LogP contribution >= 0.6 is 24.0 Å². The van der Waals surface area contributed by atoms with Gasteiger partial charge in [0.25, 0.3) is 5.91 Å². The molecule has 1 aromatic rings. The molecule has 6 heteroatoms. The molecule has 0 radical (unpaired) electrons. The van der Waals surface area contributed by atoms with Gasteiger partial charge in [-0.2, -0.15) is 0 Å². The summed E-state index contributed by atoms with van der Waals surface area (Å²) in [6.07, 6.45) is 0.841. The molecule has 124 valence electrons. The third-order valence-corrected chi connectivity index (χ3v) is 2.94. The predicted octanol–water partition coefficient (Wildman–Crippen LogP) is 2.12. The van der Waals surface area contributed by atoms with Crippen LogP contribution in [0.3, 0.4) is 0 Å². The summed E-state index contributed by atoms with van der Waals surface area (Å²) < 4.78 is 0. The molecule has 0 unspecified atom stereocenters. The van der Waals surface area contributed by atoms with Gasteiger partial charge in [0.15, 0.2) is 5.96 Å². The molecule has 0 aromatic heterocycles. The first kappa shape index (κ1) is 20.7. The van der Waals surface area contributed by atoms with Crippen molar-refractivity contribution in [2.24, 2.45) is 4.99 Å². The highest BCUT2D eigenvalue weighted by atomic mass is 127. The summed E-state index contributed by atoms with van der Waals surface area (Å²) in [4.78, 5) is 17.7. The van der Waals surface area contributed by atoms with Gasteiger partial charge < -0.3 is 15.5 Å². The molecule has 2 N–H and O–H groups in total. The van der Waals surface area contributed by atoms with Crippen molar-refractivity contribution in [2.75, 3.05) is 27.7 Å². The first-order valence-electron chi connectivity index (χ1n) is 7.21. The Hall–Kier alpha value is -1.31. The molecule has 0 aliphatic rings. The highest BCUT2D eigenvalue weighted by Gasteiger charge is 2.08. The van der Waals surface area contributed by atoms with Crippen LogP contribution in [-0.4, -0.2) is 50.5 Å². The molecule has 0 bridgehead atoms. The lowest BCUT2D eigenvalue weighted by atomic mass is 10.1. The minimum atomic E-state index is 0. The fourth-order valence-corrected chi connectivity index (χ4v) is 1.91. The van der Waals surface area contributed by atoms with E-state index in [0.717, 1.165) is 30.1 Å². The van der Waals surface area contributed by atoms with Crippen LogP contribution in [0.2, 0.25) is 0 Å². The minimum Gasteiger partial charge on any atom is -0.356 e.